The Hall–Kier alpha value is -1.75. The zero-order valence-electron chi connectivity index (χ0n) is 14.9. The molecule has 2 heterocycles. The first-order chi connectivity index (χ1) is 12.2. The lowest BCUT2D eigenvalue weighted by Crippen LogP contribution is -2.60. The SMILES string of the molecule is CN1CCN2CCN(Cc3ccc(-c4ccccc4F)cc3)CC2C1. The summed E-state index contributed by atoms with van der Waals surface area (Å²) >= 11 is 0. The van der Waals surface area contributed by atoms with Gasteiger partial charge in [-0.1, -0.05) is 42.5 Å². The molecule has 2 fully saturated rings. The van der Waals surface area contributed by atoms with Crippen molar-refractivity contribution in [1.29, 1.82) is 0 Å². The Kier molecular flexibility index (Phi) is 4.84. The summed E-state index contributed by atoms with van der Waals surface area (Å²) in [7, 11) is 2.22. The standard InChI is InChI=1S/C21H26FN3/c1-23-10-12-25-13-11-24(16-19(25)15-23)14-17-6-8-18(9-7-17)20-4-2-3-5-21(20)22/h2-9,19H,10-16H2,1H3. The monoisotopic (exact) mass is 339 g/mol. The summed E-state index contributed by atoms with van der Waals surface area (Å²) < 4.78 is 13.9. The third kappa shape index (κ3) is 3.76. The van der Waals surface area contributed by atoms with Crippen LogP contribution in [0.1, 0.15) is 5.56 Å². The summed E-state index contributed by atoms with van der Waals surface area (Å²) in [6.45, 7) is 7.98. The van der Waals surface area contributed by atoms with E-state index in [0.29, 0.717) is 11.6 Å². The molecule has 2 aromatic carbocycles. The molecule has 0 amide bonds. The molecule has 1 unspecified atom stereocenters. The average Bonchev–Trinajstić information content (AvgIpc) is 2.63. The molecular formula is C21H26FN3. The zero-order valence-corrected chi connectivity index (χ0v) is 14.9. The fourth-order valence-corrected chi connectivity index (χ4v) is 4.06. The lowest BCUT2D eigenvalue weighted by atomic mass is 10.0. The van der Waals surface area contributed by atoms with Gasteiger partial charge in [-0.25, -0.2) is 4.39 Å². The number of benzene rings is 2. The molecule has 0 bridgehead atoms. The van der Waals surface area contributed by atoms with Gasteiger partial charge >= 0.3 is 0 Å². The normalized spacial score (nSPS) is 22.7. The van der Waals surface area contributed by atoms with Crippen LogP contribution in [-0.4, -0.2) is 67.1 Å². The molecule has 0 N–H and O–H groups in total. The van der Waals surface area contributed by atoms with E-state index in [-0.39, 0.29) is 5.82 Å². The molecule has 3 nitrogen and oxygen atoms in total. The van der Waals surface area contributed by atoms with Crippen LogP contribution in [0.2, 0.25) is 0 Å². The van der Waals surface area contributed by atoms with Crippen molar-refractivity contribution < 1.29 is 4.39 Å². The highest BCUT2D eigenvalue weighted by Crippen LogP contribution is 2.23. The number of rotatable bonds is 3. The lowest BCUT2D eigenvalue weighted by molar-refractivity contribution is 0.0175. The molecule has 0 saturated carbocycles. The third-order valence-electron chi connectivity index (χ3n) is 5.53. The minimum atomic E-state index is -0.159. The van der Waals surface area contributed by atoms with E-state index in [1.165, 1.54) is 37.8 Å². The number of piperazine rings is 2. The van der Waals surface area contributed by atoms with Crippen LogP contribution in [0.3, 0.4) is 0 Å². The van der Waals surface area contributed by atoms with Crippen LogP contribution in [0.4, 0.5) is 4.39 Å². The molecule has 0 aromatic heterocycles. The minimum Gasteiger partial charge on any atom is -0.303 e. The van der Waals surface area contributed by atoms with Crippen molar-refractivity contribution in [3.63, 3.8) is 0 Å². The highest BCUT2D eigenvalue weighted by molar-refractivity contribution is 5.64. The van der Waals surface area contributed by atoms with Crippen molar-refractivity contribution in [3.05, 3.63) is 59.9 Å². The maximum absolute atomic E-state index is 13.9. The van der Waals surface area contributed by atoms with E-state index in [9.17, 15) is 4.39 Å². The predicted octanol–water partition coefficient (Wildman–Crippen LogP) is 2.92. The van der Waals surface area contributed by atoms with Gasteiger partial charge in [-0.2, -0.15) is 0 Å². The van der Waals surface area contributed by atoms with E-state index in [4.69, 9.17) is 0 Å². The quantitative estimate of drug-likeness (QED) is 0.851. The summed E-state index contributed by atoms with van der Waals surface area (Å²) in [6.07, 6.45) is 0. The van der Waals surface area contributed by atoms with E-state index < -0.39 is 0 Å². The molecule has 0 aliphatic carbocycles. The molecule has 2 saturated heterocycles. The molecule has 1 atom stereocenters. The molecule has 25 heavy (non-hydrogen) atoms. The summed E-state index contributed by atoms with van der Waals surface area (Å²) in [6, 6.07) is 16.0. The van der Waals surface area contributed by atoms with E-state index in [2.05, 4.69) is 33.9 Å². The molecule has 4 rings (SSSR count). The van der Waals surface area contributed by atoms with Gasteiger partial charge in [0.25, 0.3) is 0 Å². The van der Waals surface area contributed by atoms with E-state index >= 15 is 0 Å². The number of fused-ring (bicyclic) bond motifs is 1. The van der Waals surface area contributed by atoms with Crippen LogP contribution in [0.5, 0.6) is 0 Å². The Labute approximate surface area is 149 Å². The second kappa shape index (κ2) is 7.24. The molecule has 2 aliphatic rings. The Balaban J connectivity index is 1.41. The van der Waals surface area contributed by atoms with Gasteiger partial charge < -0.3 is 4.90 Å². The highest BCUT2D eigenvalue weighted by Gasteiger charge is 2.30. The van der Waals surface area contributed by atoms with Gasteiger partial charge in [0, 0.05) is 57.4 Å². The molecular weight excluding hydrogens is 313 g/mol. The molecule has 132 valence electrons. The van der Waals surface area contributed by atoms with Gasteiger partial charge in [-0.3, -0.25) is 9.80 Å². The van der Waals surface area contributed by atoms with Crippen molar-refractivity contribution in [2.24, 2.45) is 0 Å². The lowest BCUT2D eigenvalue weighted by Gasteiger charge is -2.46. The Morgan fingerprint density at radius 2 is 1.68 bits per heavy atom. The second-order valence-corrected chi connectivity index (χ2v) is 7.36. The Morgan fingerprint density at radius 1 is 0.920 bits per heavy atom. The van der Waals surface area contributed by atoms with Crippen molar-refractivity contribution in [3.8, 4) is 11.1 Å². The molecule has 2 aromatic rings. The molecule has 2 aliphatic heterocycles. The van der Waals surface area contributed by atoms with Crippen LogP contribution >= 0.6 is 0 Å². The topological polar surface area (TPSA) is 9.72 Å². The van der Waals surface area contributed by atoms with Gasteiger partial charge in [-0.15, -0.1) is 0 Å². The summed E-state index contributed by atoms with van der Waals surface area (Å²) in [5, 5.41) is 0. The van der Waals surface area contributed by atoms with Gasteiger partial charge in [0.2, 0.25) is 0 Å². The first kappa shape index (κ1) is 16.7. The van der Waals surface area contributed by atoms with Crippen molar-refractivity contribution in [1.82, 2.24) is 14.7 Å². The Morgan fingerprint density at radius 3 is 2.48 bits per heavy atom. The van der Waals surface area contributed by atoms with Crippen LogP contribution in [0.15, 0.2) is 48.5 Å². The number of hydrogen-bond acceptors (Lipinski definition) is 3. The summed E-state index contributed by atoms with van der Waals surface area (Å²) in [5.74, 6) is -0.159. The second-order valence-electron chi connectivity index (χ2n) is 7.36. The average molecular weight is 339 g/mol. The molecule has 4 heteroatoms. The van der Waals surface area contributed by atoms with Crippen LogP contribution in [-0.2, 0) is 6.54 Å². The third-order valence-corrected chi connectivity index (χ3v) is 5.53. The number of hydrogen-bond donors (Lipinski definition) is 0. The van der Waals surface area contributed by atoms with Crippen molar-refractivity contribution >= 4 is 0 Å². The molecule has 0 spiro atoms. The van der Waals surface area contributed by atoms with Crippen LogP contribution in [0, 0.1) is 5.82 Å². The highest BCUT2D eigenvalue weighted by atomic mass is 19.1. The number of halogens is 1. The summed E-state index contributed by atoms with van der Waals surface area (Å²) in [5.41, 5.74) is 2.92. The van der Waals surface area contributed by atoms with Gasteiger partial charge in [0.1, 0.15) is 5.82 Å². The van der Waals surface area contributed by atoms with Gasteiger partial charge in [0.15, 0.2) is 0 Å². The first-order valence-corrected chi connectivity index (χ1v) is 9.18. The van der Waals surface area contributed by atoms with Crippen molar-refractivity contribution in [2.45, 2.75) is 12.6 Å². The van der Waals surface area contributed by atoms with E-state index in [1.54, 1.807) is 6.07 Å². The van der Waals surface area contributed by atoms with Crippen LogP contribution in [0.25, 0.3) is 11.1 Å². The van der Waals surface area contributed by atoms with Crippen LogP contribution < -0.4 is 0 Å². The van der Waals surface area contributed by atoms with Gasteiger partial charge in [-0.05, 0) is 24.2 Å². The summed E-state index contributed by atoms with van der Waals surface area (Å²) in [4.78, 5) is 7.63. The maximum atomic E-state index is 13.9. The fraction of sp³-hybridized carbons (Fsp3) is 0.429. The first-order valence-electron chi connectivity index (χ1n) is 9.18. The van der Waals surface area contributed by atoms with Crippen molar-refractivity contribution in [2.75, 3.05) is 46.3 Å². The van der Waals surface area contributed by atoms with E-state index in [1.807, 2.05) is 24.3 Å². The Bertz CT molecular complexity index is 715. The van der Waals surface area contributed by atoms with Gasteiger partial charge in [0.05, 0.1) is 0 Å². The van der Waals surface area contributed by atoms with E-state index in [0.717, 1.165) is 25.2 Å². The fourth-order valence-electron chi connectivity index (χ4n) is 4.06. The predicted molar refractivity (Wildman–Crippen MR) is 100.0 cm³/mol. The smallest absolute Gasteiger partial charge is 0.131 e. The number of nitrogens with zero attached hydrogens (tertiary/aromatic N) is 3. The number of likely N-dealkylation sites (N-methyl/N-ethyl adjacent to an activating group) is 1. The maximum Gasteiger partial charge on any atom is 0.131 e. The molecule has 0 radical (unpaired) electrons. The minimum absolute atomic E-state index is 0.159. The zero-order chi connectivity index (χ0) is 17.2. The largest absolute Gasteiger partial charge is 0.303 e.